The fourth-order valence-corrected chi connectivity index (χ4v) is 5.74. The van der Waals surface area contributed by atoms with Gasteiger partial charge in [-0.15, -0.1) is 11.3 Å². The highest BCUT2D eigenvalue weighted by molar-refractivity contribution is 7.13. The molecule has 0 spiro atoms. The molecule has 1 saturated heterocycles. The van der Waals surface area contributed by atoms with Crippen LogP contribution in [0.4, 0.5) is 0 Å². The van der Waals surface area contributed by atoms with Crippen molar-refractivity contribution in [2.24, 2.45) is 5.92 Å². The van der Waals surface area contributed by atoms with Crippen molar-refractivity contribution < 1.29 is 4.79 Å². The molecule has 4 heterocycles. The number of piperidine rings is 1. The average Bonchev–Trinajstić information content (AvgIpc) is 3.21. The Bertz CT molecular complexity index is 1080. The summed E-state index contributed by atoms with van der Waals surface area (Å²) < 4.78 is 1.82. The fourth-order valence-electron chi connectivity index (χ4n) is 4.96. The van der Waals surface area contributed by atoms with Crippen LogP contribution < -0.4 is 0 Å². The summed E-state index contributed by atoms with van der Waals surface area (Å²) in [5.41, 5.74) is 3.73. The molecule has 1 aliphatic heterocycles. The molecule has 3 aromatic heterocycles. The lowest BCUT2D eigenvalue weighted by Crippen LogP contribution is -2.38. The standard InChI is InChI=1S/C22H23N5OS/c1-13-10-23-22(25-19(13)18-3-2-8-29-18)27-20(15-5-6-15)17(11-24-27)21(28)26-12-14-4-7-16(26)9-14/h2-3,8,10-11,14-16H,4-7,9,12H2,1H3/t14-,16+/m1/s1. The Kier molecular flexibility index (Phi) is 3.88. The SMILES string of the molecule is Cc1cnc(-n2ncc(C(=O)N3C[C@@H]4CC[C@H]3C4)c2C2CC2)nc1-c1cccs1. The number of likely N-dealkylation sites (tertiary alicyclic amines) is 1. The van der Waals surface area contributed by atoms with Crippen LogP contribution in [-0.2, 0) is 0 Å². The summed E-state index contributed by atoms with van der Waals surface area (Å²) in [4.78, 5) is 26.0. The van der Waals surface area contributed by atoms with E-state index < -0.39 is 0 Å². The van der Waals surface area contributed by atoms with Gasteiger partial charge in [-0.25, -0.2) is 14.6 Å². The average molecular weight is 406 g/mol. The van der Waals surface area contributed by atoms with E-state index in [4.69, 9.17) is 4.98 Å². The van der Waals surface area contributed by atoms with E-state index in [0.717, 1.165) is 53.2 Å². The lowest BCUT2D eigenvalue weighted by molar-refractivity contribution is 0.0702. The van der Waals surface area contributed by atoms with Crippen LogP contribution in [0.15, 0.2) is 29.9 Å². The molecule has 148 valence electrons. The molecule has 0 aromatic carbocycles. The van der Waals surface area contributed by atoms with Crippen molar-refractivity contribution in [2.75, 3.05) is 6.54 Å². The van der Waals surface area contributed by atoms with Gasteiger partial charge in [-0.05, 0) is 62.0 Å². The molecule has 29 heavy (non-hydrogen) atoms. The predicted molar refractivity (Wildman–Crippen MR) is 111 cm³/mol. The number of nitrogens with zero attached hydrogens (tertiary/aromatic N) is 5. The minimum absolute atomic E-state index is 0.149. The normalized spacial score (nSPS) is 23.1. The minimum Gasteiger partial charge on any atom is -0.335 e. The smallest absolute Gasteiger partial charge is 0.257 e. The molecule has 3 aromatic rings. The molecule has 3 fully saturated rings. The van der Waals surface area contributed by atoms with E-state index in [1.54, 1.807) is 17.5 Å². The Labute approximate surface area is 173 Å². The van der Waals surface area contributed by atoms with Crippen LogP contribution in [0.25, 0.3) is 16.5 Å². The summed E-state index contributed by atoms with van der Waals surface area (Å²) in [6, 6.07) is 4.53. The zero-order chi connectivity index (χ0) is 19.5. The number of hydrogen-bond donors (Lipinski definition) is 0. The van der Waals surface area contributed by atoms with Crippen LogP contribution in [-0.4, -0.2) is 43.1 Å². The van der Waals surface area contributed by atoms with E-state index >= 15 is 0 Å². The van der Waals surface area contributed by atoms with Crippen LogP contribution in [0.2, 0.25) is 0 Å². The van der Waals surface area contributed by atoms with E-state index in [9.17, 15) is 4.79 Å². The molecule has 2 bridgehead atoms. The Balaban J connectivity index is 1.41. The summed E-state index contributed by atoms with van der Waals surface area (Å²) >= 11 is 1.67. The zero-order valence-electron chi connectivity index (χ0n) is 16.4. The lowest BCUT2D eigenvalue weighted by atomic mass is 10.1. The van der Waals surface area contributed by atoms with Crippen molar-refractivity contribution in [3.05, 3.63) is 46.7 Å². The van der Waals surface area contributed by atoms with Gasteiger partial charge in [-0.3, -0.25) is 4.79 Å². The van der Waals surface area contributed by atoms with Gasteiger partial charge in [-0.1, -0.05) is 6.07 Å². The number of aryl methyl sites for hydroxylation is 1. The predicted octanol–water partition coefficient (Wildman–Crippen LogP) is 4.20. The number of fused-ring (bicyclic) bond motifs is 2. The molecule has 0 unspecified atom stereocenters. The van der Waals surface area contributed by atoms with Gasteiger partial charge >= 0.3 is 0 Å². The van der Waals surface area contributed by atoms with E-state index in [0.29, 0.717) is 23.8 Å². The summed E-state index contributed by atoms with van der Waals surface area (Å²) in [7, 11) is 0. The third kappa shape index (κ3) is 2.82. The number of hydrogen-bond acceptors (Lipinski definition) is 5. The number of amides is 1. The Hall–Kier alpha value is -2.54. The molecule has 6 rings (SSSR count). The Morgan fingerprint density at radius 3 is 2.79 bits per heavy atom. The molecule has 6 nitrogen and oxygen atoms in total. The van der Waals surface area contributed by atoms with Gasteiger partial charge < -0.3 is 4.90 Å². The maximum atomic E-state index is 13.4. The summed E-state index contributed by atoms with van der Waals surface area (Å²) in [6.45, 7) is 2.93. The molecular weight excluding hydrogens is 382 g/mol. The van der Waals surface area contributed by atoms with E-state index in [-0.39, 0.29) is 5.91 Å². The van der Waals surface area contributed by atoms with Crippen LogP contribution in [0.3, 0.4) is 0 Å². The van der Waals surface area contributed by atoms with E-state index in [1.165, 1.54) is 12.8 Å². The van der Waals surface area contributed by atoms with Gasteiger partial charge in [0.25, 0.3) is 11.9 Å². The van der Waals surface area contributed by atoms with Gasteiger partial charge in [0.15, 0.2) is 0 Å². The molecule has 0 N–H and O–H groups in total. The van der Waals surface area contributed by atoms with Gasteiger partial charge in [0.05, 0.1) is 28.0 Å². The highest BCUT2D eigenvalue weighted by Crippen LogP contribution is 2.44. The summed E-state index contributed by atoms with van der Waals surface area (Å²) in [6.07, 6.45) is 9.39. The maximum Gasteiger partial charge on any atom is 0.257 e. The molecule has 2 saturated carbocycles. The highest BCUT2D eigenvalue weighted by atomic mass is 32.1. The summed E-state index contributed by atoms with van der Waals surface area (Å²) in [5.74, 6) is 1.78. The first-order chi connectivity index (χ1) is 14.2. The lowest BCUT2D eigenvalue weighted by Gasteiger charge is -2.27. The molecular formula is C22H23N5OS. The maximum absolute atomic E-state index is 13.4. The van der Waals surface area contributed by atoms with Crippen LogP contribution in [0.1, 0.15) is 59.6 Å². The number of thiophene rings is 1. The van der Waals surface area contributed by atoms with Gasteiger partial charge in [0, 0.05) is 24.7 Å². The van der Waals surface area contributed by atoms with Crippen LogP contribution in [0, 0.1) is 12.8 Å². The number of rotatable bonds is 4. The monoisotopic (exact) mass is 405 g/mol. The second-order valence-corrected chi connectivity index (χ2v) is 9.55. The van der Waals surface area contributed by atoms with Crippen molar-refractivity contribution in [2.45, 2.75) is 51.0 Å². The largest absolute Gasteiger partial charge is 0.335 e. The Morgan fingerprint density at radius 2 is 2.10 bits per heavy atom. The van der Waals surface area contributed by atoms with Gasteiger partial charge in [0.1, 0.15) is 0 Å². The second-order valence-electron chi connectivity index (χ2n) is 8.60. The molecule has 0 radical (unpaired) electrons. The van der Waals surface area contributed by atoms with Crippen molar-refractivity contribution in [3.8, 4) is 16.5 Å². The molecule has 2 aliphatic carbocycles. The molecule has 1 amide bonds. The van der Waals surface area contributed by atoms with Crippen molar-refractivity contribution in [3.63, 3.8) is 0 Å². The first-order valence-electron chi connectivity index (χ1n) is 10.5. The van der Waals surface area contributed by atoms with Gasteiger partial charge in [0.2, 0.25) is 0 Å². The van der Waals surface area contributed by atoms with Crippen molar-refractivity contribution >= 4 is 17.2 Å². The first kappa shape index (κ1) is 17.3. The third-order valence-corrected chi connectivity index (χ3v) is 7.45. The number of carbonyl (C=O) groups excluding carboxylic acids is 1. The van der Waals surface area contributed by atoms with Crippen molar-refractivity contribution in [1.82, 2.24) is 24.6 Å². The topological polar surface area (TPSA) is 63.9 Å². The van der Waals surface area contributed by atoms with E-state index in [1.807, 2.05) is 23.9 Å². The first-order valence-corrected chi connectivity index (χ1v) is 11.3. The third-order valence-electron chi connectivity index (χ3n) is 6.57. The van der Waals surface area contributed by atoms with Crippen LogP contribution >= 0.6 is 11.3 Å². The second kappa shape index (κ2) is 6.49. The summed E-state index contributed by atoms with van der Waals surface area (Å²) in [5, 5.41) is 6.66. The van der Waals surface area contributed by atoms with Crippen molar-refractivity contribution in [1.29, 1.82) is 0 Å². The number of carbonyl (C=O) groups is 1. The number of aromatic nitrogens is 4. The molecule has 7 heteroatoms. The van der Waals surface area contributed by atoms with E-state index in [2.05, 4.69) is 26.4 Å². The quantitative estimate of drug-likeness (QED) is 0.653. The highest BCUT2D eigenvalue weighted by Gasteiger charge is 2.43. The zero-order valence-corrected chi connectivity index (χ0v) is 17.2. The Morgan fingerprint density at radius 1 is 1.21 bits per heavy atom. The molecule has 2 atom stereocenters. The van der Waals surface area contributed by atoms with Crippen LogP contribution in [0.5, 0.6) is 0 Å². The van der Waals surface area contributed by atoms with Gasteiger partial charge in [-0.2, -0.15) is 5.10 Å². The molecule has 3 aliphatic rings. The fraction of sp³-hybridized carbons (Fsp3) is 0.455. The minimum atomic E-state index is 0.149.